The molecular formula is C24H28N2O3. The van der Waals surface area contributed by atoms with Crippen LogP contribution in [0.4, 0.5) is 0 Å². The van der Waals surface area contributed by atoms with Crippen molar-refractivity contribution >= 4 is 16.9 Å². The molecule has 29 heavy (non-hydrogen) atoms. The van der Waals surface area contributed by atoms with Crippen LogP contribution in [-0.2, 0) is 4.74 Å². The normalized spacial score (nSPS) is 16.1. The lowest BCUT2D eigenvalue weighted by molar-refractivity contribution is 0.0161. The molecule has 0 aliphatic carbocycles. The van der Waals surface area contributed by atoms with Crippen molar-refractivity contribution in [3.63, 3.8) is 0 Å². The fourth-order valence-electron chi connectivity index (χ4n) is 3.95. The summed E-state index contributed by atoms with van der Waals surface area (Å²) in [6.07, 6.45) is 0. The Morgan fingerprint density at radius 3 is 2.45 bits per heavy atom. The van der Waals surface area contributed by atoms with Crippen molar-refractivity contribution in [3.8, 4) is 0 Å². The molecule has 0 bridgehead atoms. The Morgan fingerprint density at radius 1 is 1.03 bits per heavy atom. The van der Waals surface area contributed by atoms with E-state index in [2.05, 4.69) is 41.4 Å². The summed E-state index contributed by atoms with van der Waals surface area (Å²) in [6, 6.07) is 14.7. The Hall–Kier alpha value is -2.63. The van der Waals surface area contributed by atoms with Crippen LogP contribution in [0.5, 0.6) is 0 Å². The molecular weight excluding hydrogens is 364 g/mol. The molecule has 1 unspecified atom stereocenters. The summed E-state index contributed by atoms with van der Waals surface area (Å²) < 4.78 is 11.4. The molecule has 2 aromatic carbocycles. The molecule has 1 N–H and O–H groups in total. The summed E-state index contributed by atoms with van der Waals surface area (Å²) >= 11 is 0. The molecule has 5 nitrogen and oxygen atoms in total. The number of morpholine rings is 1. The predicted molar refractivity (Wildman–Crippen MR) is 114 cm³/mol. The lowest BCUT2D eigenvalue weighted by atomic mass is 10.0. The van der Waals surface area contributed by atoms with Gasteiger partial charge in [-0.25, -0.2) is 0 Å². The molecule has 1 atom stereocenters. The van der Waals surface area contributed by atoms with E-state index in [0.717, 1.165) is 48.4 Å². The van der Waals surface area contributed by atoms with Crippen LogP contribution < -0.4 is 5.32 Å². The monoisotopic (exact) mass is 392 g/mol. The molecule has 152 valence electrons. The quantitative estimate of drug-likeness (QED) is 0.708. The van der Waals surface area contributed by atoms with Gasteiger partial charge < -0.3 is 14.5 Å². The third kappa shape index (κ3) is 4.21. The van der Waals surface area contributed by atoms with Crippen molar-refractivity contribution in [1.29, 1.82) is 0 Å². The highest BCUT2D eigenvalue weighted by Gasteiger charge is 2.25. The molecule has 3 aromatic rings. The average Bonchev–Trinajstić information content (AvgIpc) is 3.06. The van der Waals surface area contributed by atoms with Gasteiger partial charge in [-0.15, -0.1) is 0 Å². The van der Waals surface area contributed by atoms with Crippen molar-refractivity contribution in [2.45, 2.75) is 26.8 Å². The van der Waals surface area contributed by atoms with E-state index in [-0.39, 0.29) is 11.9 Å². The highest BCUT2D eigenvalue weighted by Crippen LogP contribution is 2.27. The van der Waals surface area contributed by atoms with E-state index < -0.39 is 0 Å². The molecule has 5 heteroatoms. The number of nitrogens with zero attached hydrogens (tertiary/aromatic N) is 1. The van der Waals surface area contributed by atoms with E-state index in [4.69, 9.17) is 9.15 Å². The molecule has 0 saturated carbocycles. The Morgan fingerprint density at radius 2 is 1.72 bits per heavy atom. The van der Waals surface area contributed by atoms with Crippen molar-refractivity contribution in [1.82, 2.24) is 10.2 Å². The first-order chi connectivity index (χ1) is 14.0. The van der Waals surface area contributed by atoms with Crippen LogP contribution >= 0.6 is 0 Å². The third-order valence-corrected chi connectivity index (χ3v) is 5.70. The standard InChI is InChI=1S/C24H28N2O3/c1-16-4-7-19(8-5-16)21(26-10-12-28-13-11-26)15-25-24(27)23-18(3)20-9-6-17(2)14-22(20)29-23/h4-9,14,21H,10-13,15H2,1-3H3,(H,25,27). The summed E-state index contributed by atoms with van der Waals surface area (Å²) in [5.74, 6) is 0.233. The van der Waals surface area contributed by atoms with Crippen LogP contribution in [0, 0.1) is 20.8 Å². The summed E-state index contributed by atoms with van der Waals surface area (Å²) in [5, 5.41) is 4.10. The minimum Gasteiger partial charge on any atom is -0.451 e. The number of carbonyl (C=O) groups excluding carboxylic acids is 1. The number of fused-ring (bicyclic) bond motifs is 1. The van der Waals surface area contributed by atoms with Gasteiger partial charge in [0.05, 0.1) is 19.3 Å². The Bertz CT molecular complexity index is 1000. The zero-order chi connectivity index (χ0) is 20.4. The van der Waals surface area contributed by atoms with Gasteiger partial charge in [0.1, 0.15) is 5.58 Å². The van der Waals surface area contributed by atoms with E-state index >= 15 is 0 Å². The third-order valence-electron chi connectivity index (χ3n) is 5.70. The summed E-state index contributed by atoms with van der Waals surface area (Å²) in [6.45, 7) is 9.73. The van der Waals surface area contributed by atoms with Gasteiger partial charge in [0.25, 0.3) is 5.91 Å². The SMILES string of the molecule is Cc1ccc(C(CNC(=O)c2oc3cc(C)ccc3c2C)N2CCOCC2)cc1. The zero-order valence-electron chi connectivity index (χ0n) is 17.3. The second-order valence-corrected chi connectivity index (χ2v) is 7.84. The van der Waals surface area contributed by atoms with E-state index in [1.165, 1.54) is 11.1 Å². The van der Waals surface area contributed by atoms with Gasteiger partial charge in [0.15, 0.2) is 5.76 Å². The lowest BCUT2D eigenvalue weighted by Crippen LogP contribution is -2.43. The Kier molecular flexibility index (Phi) is 5.69. The number of nitrogens with one attached hydrogen (secondary N) is 1. The number of benzene rings is 2. The second kappa shape index (κ2) is 8.39. The molecule has 1 amide bonds. The first kappa shape index (κ1) is 19.7. The van der Waals surface area contributed by atoms with Crippen LogP contribution in [0.25, 0.3) is 11.0 Å². The number of hydrogen-bond donors (Lipinski definition) is 1. The molecule has 1 aliphatic rings. The molecule has 0 radical (unpaired) electrons. The van der Waals surface area contributed by atoms with Gasteiger partial charge >= 0.3 is 0 Å². The highest BCUT2D eigenvalue weighted by molar-refractivity contribution is 5.99. The number of hydrogen-bond acceptors (Lipinski definition) is 4. The largest absolute Gasteiger partial charge is 0.451 e. The fourth-order valence-corrected chi connectivity index (χ4v) is 3.95. The number of rotatable bonds is 5. The van der Waals surface area contributed by atoms with Gasteiger partial charge in [0, 0.05) is 30.6 Å². The summed E-state index contributed by atoms with van der Waals surface area (Å²) in [5.41, 5.74) is 5.19. The maximum atomic E-state index is 12.9. The summed E-state index contributed by atoms with van der Waals surface area (Å²) in [4.78, 5) is 15.3. The van der Waals surface area contributed by atoms with Crippen LogP contribution in [0.1, 0.15) is 38.9 Å². The van der Waals surface area contributed by atoms with Crippen molar-refractivity contribution in [3.05, 3.63) is 70.5 Å². The maximum absolute atomic E-state index is 12.9. The smallest absolute Gasteiger partial charge is 0.287 e. The summed E-state index contributed by atoms with van der Waals surface area (Å²) in [7, 11) is 0. The lowest BCUT2D eigenvalue weighted by Gasteiger charge is -2.35. The number of ether oxygens (including phenoxy) is 1. The molecule has 1 saturated heterocycles. The zero-order valence-corrected chi connectivity index (χ0v) is 17.3. The van der Waals surface area contributed by atoms with E-state index in [9.17, 15) is 4.79 Å². The Balaban J connectivity index is 1.54. The first-order valence-corrected chi connectivity index (χ1v) is 10.2. The first-order valence-electron chi connectivity index (χ1n) is 10.2. The maximum Gasteiger partial charge on any atom is 0.287 e. The van der Waals surface area contributed by atoms with Gasteiger partial charge in [0.2, 0.25) is 0 Å². The average molecular weight is 392 g/mol. The van der Waals surface area contributed by atoms with Crippen LogP contribution in [0.15, 0.2) is 46.9 Å². The second-order valence-electron chi connectivity index (χ2n) is 7.84. The van der Waals surface area contributed by atoms with E-state index in [0.29, 0.717) is 12.3 Å². The van der Waals surface area contributed by atoms with Crippen LogP contribution in [0.3, 0.4) is 0 Å². The van der Waals surface area contributed by atoms with Gasteiger partial charge in [-0.05, 0) is 38.0 Å². The van der Waals surface area contributed by atoms with Crippen molar-refractivity contribution in [2.24, 2.45) is 0 Å². The van der Waals surface area contributed by atoms with E-state index in [1.54, 1.807) is 0 Å². The molecule has 1 aromatic heterocycles. The minimum absolute atomic E-state index is 0.107. The number of carbonyl (C=O) groups is 1. The number of amides is 1. The highest BCUT2D eigenvalue weighted by atomic mass is 16.5. The molecule has 1 aliphatic heterocycles. The predicted octanol–water partition coefficient (Wildman–Crippen LogP) is 4.16. The molecule has 2 heterocycles. The fraction of sp³-hybridized carbons (Fsp3) is 0.375. The van der Waals surface area contributed by atoms with Crippen molar-refractivity contribution in [2.75, 3.05) is 32.8 Å². The number of furan rings is 1. The minimum atomic E-state index is -0.165. The van der Waals surface area contributed by atoms with Crippen LogP contribution in [0.2, 0.25) is 0 Å². The topological polar surface area (TPSA) is 54.7 Å². The molecule has 1 fully saturated rings. The number of aryl methyl sites for hydroxylation is 3. The van der Waals surface area contributed by atoms with Gasteiger partial charge in [-0.2, -0.15) is 0 Å². The van der Waals surface area contributed by atoms with Crippen LogP contribution in [-0.4, -0.2) is 43.7 Å². The van der Waals surface area contributed by atoms with Crippen molar-refractivity contribution < 1.29 is 13.9 Å². The van der Waals surface area contributed by atoms with Gasteiger partial charge in [-0.3, -0.25) is 9.69 Å². The molecule has 4 rings (SSSR count). The van der Waals surface area contributed by atoms with E-state index in [1.807, 2.05) is 32.0 Å². The van der Waals surface area contributed by atoms with Gasteiger partial charge in [-0.1, -0.05) is 42.0 Å². The molecule has 0 spiro atoms. The Labute approximate surface area is 171 Å².